The van der Waals surface area contributed by atoms with Gasteiger partial charge in [-0.05, 0) is 43.2 Å². The lowest BCUT2D eigenvalue weighted by Crippen LogP contribution is -2.36. The molecule has 188 valence electrons. The zero-order valence-corrected chi connectivity index (χ0v) is 20.4. The molecule has 0 unspecified atom stereocenters. The van der Waals surface area contributed by atoms with Crippen LogP contribution in [0.25, 0.3) is 22.0 Å². The summed E-state index contributed by atoms with van der Waals surface area (Å²) < 4.78 is 17.1. The van der Waals surface area contributed by atoms with E-state index in [0.717, 1.165) is 23.8 Å². The molecule has 3 N–H and O–H groups in total. The smallest absolute Gasteiger partial charge is 0.196 e. The summed E-state index contributed by atoms with van der Waals surface area (Å²) >= 11 is 6.57. The first kappa shape index (κ1) is 23.5. The summed E-state index contributed by atoms with van der Waals surface area (Å²) in [6.45, 7) is 0.439. The molecular weight excluding hydrogens is 496 g/mol. The summed E-state index contributed by atoms with van der Waals surface area (Å²) in [5.74, 6) is 1.40. The van der Waals surface area contributed by atoms with Gasteiger partial charge in [-0.2, -0.15) is 0 Å². The van der Waals surface area contributed by atoms with Gasteiger partial charge in [0.1, 0.15) is 34.9 Å². The average molecular weight is 519 g/mol. The molecule has 1 saturated heterocycles. The van der Waals surface area contributed by atoms with Crippen LogP contribution < -0.4 is 10.1 Å². The molecule has 0 bridgehead atoms. The second-order valence-corrected chi connectivity index (χ2v) is 9.27. The molecule has 0 saturated carbocycles. The SMILES string of the molecule is O=C(c1ccc(Oc2cccc3occc23)cc1Cl)c1c[nH]c2ncnc(N[C@@H]3CC[C@@H](CO)OC3)c12. The van der Waals surface area contributed by atoms with Crippen LogP contribution in [0.3, 0.4) is 0 Å². The zero-order chi connectivity index (χ0) is 25.4. The van der Waals surface area contributed by atoms with E-state index >= 15 is 0 Å². The first-order chi connectivity index (χ1) is 18.1. The van der Waals surface area contributed by atoms with Crippen LogP contribution in [0.2, 0.25) is 5.02 Å². The number of halogens is 1. The number of fused-ring (bicyclic) bond motifs is 2. The number of benzene rings is 2. The van der Waals surface area contributed by atoms with Crippen molar-refractivity contribution in [2.45, 2.75) is 25.0 Å². The van der Waals surface area contributed by atoms with Gasteiger partial charge in [-0.1, -0.05) is 17.7 Å². The van der Waals surface area contributed by atoms with Crippen LogP contribution >= 0.6 is 11.6 Å². The Balaban J connectivity index is 1.26. The number of furan rings is 1. The summed E-state index contributed by atoms with van der Waals surface area (Å²) in [7, 11) is 0. The Kier molecular flexibility index (Phi) is 6.25. The third-order valence-electron chi connectivity index (χ3n) is 6.50. The Hall–Kier alpha value is -3.92. The number of nitrogens with one attached hydrogen (secondary N) is 2. The summed E-state index contributed by atoms with van der Waals surface area (Å²) in [5, 5.41) is 14.4. The topological polar surface area (TPSA) is 123 Å². The minimum Gasteiger partial charge on any atom is -0.464 e. The molecule has 0 radical (unpaired) electrons. The quantitative estimate of drug-likeness (QED) is 0.247. The third kappa shape index (κ3) is 4.53. The molecular formula is C27H23ClN4O5. The molecule has 2 atom stereocenters. The largest absolute Gasteiger partial charge is 0.464 e. The molecule has 3 aromatic heterocycles. The van der Waals surface area contributed by atoms with Gasteiger partial charge in [0.15, 0.2) is 5.78 Å². The summed E-state index contributed by atoms with van der Waals surface area (Å²) in [4.78, 5) is 25.3. The van der Waals surface area contributed by atoms with Crippen molar-refractivity contribution in [2.75, 3.05) is 18.5 Å². The maximum absolute atomic E-state index is 13.6. The van der Waals surface area contributed by atoms with Crippen molar-refractivity contribution in [3.05, 3.63) is 77.4 Å². The number of carbonyl (C=O) groups is 1. The first-order valence-electron chi connectivity index (χ1n) is 11.9. The van der Waals surface area contributed by atoms with Crippen molar-refractivity contribution in [1.82, 2.24) is 15.0 Å². The Labute approximate surface area is 216 Å². The van der Waals surface area contributed by atoms with E-state index < -0.39 is 0 Å². The minimum atomic E-state index is -0.266. The van der Waals surface area contributed by atoms with Crippen LogP contribution in [0.1, 0.15) is 28.8 Å². The third-order valence-corrected chi connectivity index (χ3v) is 6.81. The molecule has 10 heteroatoms. The fourth-order valence-electron chi connectivity index (χ4n) is 4.58. The standard InChI is InChI=1S/C27H23ClN4O5/c28-21-10-16(37-23-3-1-2-22-19(23)8-9-35-22)6-7-18(21)25(34)20-11-29-26-24(20)27(31-14-30-26)32-15-4-5-17(12-33)36-13-15/h1-3,6-11,14-15,17,33H,4-5,12-13H2,(H2,29,30,31,32)/t15-,17+/m1/s1. The van der Waals surface area contributed by atoms with Crippen LogP contribution in [0.5, 0.6) is 11.5 Å². The number of carbonyl (C=O) groups excluding carboxylic acids is 1. The molecule has 9 nitrogen and oxygen atoms in total. The van der Waals surface area contributed by atoms with Crippen LogP contribution in [-0.2, 0) is 4.74 Å². The van der Waals surface area contributed by atoms with E-state index in [-0.39, 0.29) is 29.6 Å². The fraction of sp³-hybridized carbons (Fsp3) is 0.222. The van der Waals surface area contributed by atoms with Crippen LogP contribution in [0, 0.1) is 0 Å². The molecule has 0 amide bonds. The van der Waals surface area contributed by atoms with Gasteiger partial charge in [-0.25, -0.2) is 9.97 Å². The van der Waals surface area contributed by atoms with Crippen LogP contribution in [0.15, 0.2) is 65.7 Å². The van der Waals surface area contributed by atoms with Crippen molar-refractivity contribution < 1.29 is 23.8 Å². The van der Waals surface area contributed by atoms with Gasteiger partial charge >= 0.3 is 0 Å². The summed E-state index contributed by atoms with van der Waals surface area (Å²) in [6.07, 6.45) is 6.06. The number of nitrogens with zero attached hydrogens (tertiary/aromatic N) is 2. The molecule has 0 aliphatic carbocycles. The Morgan fingerprint density at radius 3 is 2.92 bits per heavy atom. The van der Waals surface area contributed by atoms with Gasteiger partial charge < -0.3 is 29.3 Å². The number of ketones is 1. The van der Waals surface area contributed by atoms with Crippen molar-refractivity contribution in [3.63, 3.8) is 0 Å². The van der Waals surface area contributed by atoms with E-state index in [1.807, 2.05) is 24.3 Å². The van der Waals surface area contributed by atoms with Gasteiger partial charge in [0.2, 0.25) is 0 Å². The van der Waals surface area contributed by atoms with Crippen molar-refractivity contribution >= 4 is 45.2 Å². The van der Waals surface area contributed by atoms with Gasteiger partial charge in [0.25, 0.3) is 0 Å². The predicted octanol–water partition coefficient (Wildman–Crippen LogP) is 5.33. The van der Waals surface area contributed by atoms with Gasteiger partial charge in [0, 0.05) is 17.8 Å². The normalized spacial score (nSPS) is 17.8. The number of H-pyrrole nitrogens is 1. The lowest BCUT2D eigenvalue weighted by Gasteiger charge is -2.29. The number of aliphatic hydroxyl groups is 1. The fourth-order valence-corrected chi connectivity index (χ4v) is 4.84. The predicted molar refractivity (Wildman–Crippen MR) is 139 cm³/mol. The monoisotopic (exact) mass is 518 g/mol. The first-order valence-corrected chi connectivity index (χ1v) is 12.3. The molecule has 6 rings (SSSR count). The number of anilines is 1. The van der Waals surface area contributed by atoms with E-state index in [9.17, 15) is 9.90 Å². The minimum absolute atomic E-state index is 0.00143. The summed E-state index contributed by atoms with van der Waals surface area (Å²) in [5.41, 5.74) is 1.99. The molecule has 1 aliphatic heterocycles. The highest BCUT2D eigenvalue weighted by molar-refractivity contribution is 6.35. The van der Waals surface area contributed by atoms with E-state index in [4.69, 9.17) is 25.5 Å². The highest BCUT2D eigenvalue weighted by atomic mass is 35.5. The Morgan fingerprint density at radius 1 is 1.19 bits per heavy atom. The van der Waals surface area contributed by atoms with Gasteiger partial charge in [-0.3, -0.25) is 4.79 Å². The zero-order valence-electron chi connectivity index (χ0n) is 19.6. The van der Waals surface area contributed by atoms with E-state index in [2.05, 4.69) is 20.3 Å². The Bertz CT molecular complexity index is 1590. The number of ether oxygens (including phenoxy) is 2. The molecule has 37 heavy (non-hydrogen) atoms. The highest BCUT2D eigenvalue weighted by Gasteiger charge is 2.25. The molecule has 0 spiro atoms. The van der Waals surface area contributed by atoms with Crippen LogP contribution in [0.4, 0.5) is 5.82 Å². The van der Waals surface area contributed by atoms with E-state index in [1.165, 1.54) is 6.33 Å². The summed E-state index contributed by atoms with van der Waals surface area (Å²) in [6, 6.07) is 12.3. The molecule has 1 fully saturated rings. The van der Waals surface area contributed by atoms with E-state index in [1.54, 1.807) is 30.7 Å². The maximum Gasteiger partial charge on any atom is 0.196 e. The molecule has 5 aromatic rings. The second-order valence-electron chi connectivity index (χ2n) is 8.87. The molecule has 2 aromatic carbocycles. The number of rotatable bonds is 7. The molecule has 4 heterocycles. The second kappa shape index (κ2) is 9.85. The van der Waals surface area contributed by atoms with E-state index in [0.29, 0.717) is 46.1 Å². The lowest BCUT2D eigenvalue weighted by molar-refractivity contribution is -0.0224. The average Bonchev–Trinajstić information content (AvgIpc) is 3.57. The Morgan fingerprint density at radius 2 is 2.11 bits per heavy atom. The molecule has 1 aliphatic rings. The van der Waals surface area contributed by atoms with Gasteiger partial charge in [-0.15, -0.1) is 0 Å². The number of hydrogen-bond donors (Lipinski definition) is 3. The lowest BCUT2D eigenvalue weighted by atomic mass is 10.0. The number of aromatic nitrogens is 3. The highest BCUT2D eigenvalue weighted by Crippen LogP contribution is 2.34. The van der Waals surface area contributed by atoms with Gasteiger partial charge in [0.05, 0.1) is 53.0 Å². The number of aromatic amines is 1. The number of aliphatic hydroxyl groups excluding tert-OH is 1. The van der Waals surface area contributed by atoms with Crippen molar-refractivity contribution in [2.24, 2.45) is 0 Å². The maximum atomic E-state index is 13.6. The van der Waals surface area contributed by atoms with Crippen LogP contribution in [-0.4, -0.2) is 51.2 Å². The number of hydrogen-bond acceptors (Lipinski definition) is 8. The van der Waals surface area contributed by atoms with Crippen molar-refractivity contribution in [1.29, 1.82) is 0 Å². The van der Waals surface area contributed by atoms with Crippen molar-refractivity contribution in [3.8, 4) is 11.5 Å².